The van der Waals surface area contributed by atoms with E-state index < -0.39 is 5.41 Å². The lowest BCUT2D eigenvalue weighted by atomic mass is 9.69. The molecule has 0 unspecified atom stereocenters. The van der Waals surface area contributed by atoms with Gasteiger partial charge in [-0.25, -0.2) is 0 Å². The minimum absolute atomic E-state index is 0.0342. The van der Waals surface area contributed by atoms with E-state index in [9.17, 15) is 10.1 Å². The second kappa shape index (κ2) is 4.81. The third-order valence-electron chi connectivity index (χ3n) is 3.80. The molecule has 94 valence electrons. The van der Waals surface area contributed by atoms with Gasteiger partial charge in [-0.05, 0) is 44.7 Å². The van der Waals surface area contributed by atoms with Crippen LogP contribution in [0.15, 0.2) is 24.3 Å². The third-order valence-corrected chi connectivity index (χ3v) is 3.80. The van der Waals surface area contributed by atoms with Crippen molar-refractivity contribution >= 4 is 11.6 Å². The van der Waals surface area contributed by atoms with Crippen molar-refractivity contribution < 1.29 is 4.79 Å². The van der Waals surface area contributed by atoms with Crippen LogP contribution in [-0.2, 0) is 4.79 Å². The summed E-state index contributed by atoms with van der Waals surface area (Å²) in [6.45, 7) is 4.55. The van der Waals surface area contributed by atoms with Crippen LogP contribution in [0.3, 0.4) is 0 Å². The first kappa shape index (κ1) is 12.6. The van der Waals surface area contributed by atoms with Gasteiger partial charge in [-0.15, -0.1) is 0 Å². The highest BCUT2D eigenvalue weighted by Gasteiger charge is 2.47. The summed E-state index contributed by atoms with van der Waals surface area (Å²) in [4.78, 5) is 14.3. The van der Waals surface area contributed by atoms with E-state index in [1.54, 1.807) is 4.90 Å². The van der Waals surface area contributed by atoms with Gasteiger partial charge in [-0.3, -0.25) is 4.79 Å². The van der Waals surface area contributed by atoms with Crippen molar-refractivity contribution in [3.63, 3.8) is 0 Å². The van der Waals surface area contributed by atoms with E-state index >= 15 is 0 Å². The number of hydrogen-bond donors (Lipinski definition) is 0. The Kier molecular flexibility index (Phi) is 3.38. The number of aryl methyl sites for hydroxylation is 1. The Morgan fingerprint density at radius 2 is 2.11 bits per heavy atom. The molecule has 0 bridgehead atoms. The van der Waals surface area contributed by atoms with Gasteiger partial charge in [0.25, 0.3) is 0 Å². The molecule has 1 aromatic carbocycles. The van der Waals surface area contributed by atoms with Crippen LogP contribution in [0.25, 0.3) is 0 Å². The number of para-hydroxylation sites is 1. The predicted octanol–water partition coefficient (Wildman–Crippen LogP) is 3.04. The molecule has 3 heteroatoms. The molecule has 0 spiro atoms. The van der Waals surface area contributed by atoms with E-state index in [2.05, 4.69) is 6.07 Å². The molecule has 0 aliphatic heterocycles. The number of hydrogen-bond acceptors (Lipinski definition) is 2. The monoisotopic (exact) mass is 242 g/mol. The highest BCUT2D eigenvalue weighted by molar-refractivity contribution is 6.00. The number of amides is 1. The fraction of sp³-hybridized carbons (Fsp3) is 0.467. The summed E-state index contributed by atoms with van der Waals surface area (Å²) < 4.78 is 0. The summed E-state index contributed by atoms with van der Waals surface area (Å²) in [7, 11) is 0. The first-order valence-corrected chi connectivity index (χ1v) is 6.43. The Morgan fingerprint density at radius 3 is 2.56 bits per heavy atom. The van der Waals surface area contributed by atoms with E-state index in [1.165, 1.54) is 0 Å². The molecule has 0 heterocycles. The molecule has 2 rings (SSSR count). The zero-order valence-corrected chi connectivity index (χ0v) is 10.9. The fourth-order valence-corrected chi connectivity index (χ4v) is 2.45. The Labute approximate surface area is 108 Å². The quantitative estimate of drug-likeness (QED) is 0.817. The van der Waals surface area contributed by atoms with Gasteiger partial charge in [-0.1, -0.05) is 18.2 Å². The fourth-order valence-electron chi connectivity index (χ4n) is 2.45. The Bertz CT molecular complexity index is 497. The first-order chi connectivity index (χ1) is 8.64. The molecule has 1 saturated carbocycles. The van der Waals surface area contributed by atoms with Gasteiger partial charge < -0.3 is 4.90 Å². The van der Waals surface area contributed by atoms with Gasteiger partial charge in [-0.2, -0.15) is 5.26 Å². The molecule has 0 saturated heterocycles. The first-order valence-electron chi connectivity index (χ1n) is 6.43. The summed E-state index contributed by atoms with van der Waals surface area (Å²) in [5, 5.41) is 9.27. The lowest BCUT2D eigenvalue weighted by Crippen LogP contribution is -2.47. The van der Waals surface area contributed by atoms with Gasteiger partial charge in [0.15, 0.2) is 0 Å². The maximum atomic E-state index is 12.6. The van der Waals surface area contributed by atoms with Crippen LogP contribution in [0.4, 0.5) is 5.69 Å². The van der Waals surface area contributed by atoms with E-state index in [0.29, 0.717) is 19.4 Å². The molecule has 18 heavy (non-hydrogen) atoms. The standard InChI is InChI=1S/C15H18N2O/c1-3-17(13-8-5-4-7-12(13)2)14(18)15(11-16)9-6-10-15/h4-5,7-8H,3,6,9-10H2,1-2H3. The largest absolute Gasteiger partial charge is 0.311 e. The molecule has 1 aromatic rings. The van der Waals surface area contributed by atoms with E-state index in [0.717, 1.165) is 17.7 Å². The zero-order chi connectivity index (χ0) is 13.2. The summed E-state index contributed by atoms with van der Waals surface area (Å²) in [5.41, 5.74) is 1.23. The number of carbonyl (C=O) groups excluding carboxylic acids is 1. The van der Waals surface area contributed by atoms with Crippen LogP contribution in [0.2, 0.25) is 0 Å². The van der Waals surface area contributed by atoms with Gasteiger partial charge in [0.2, 0.25) is 5.91 Å². The summed E-state index contributed by atoms with van der Waals surface area (Å²) in [6, 6.07) is 10.1. The molecule has 1 aliphatic rings. The topological polar surface area (TPSA) is 44.1 Å². The van der Waals surface area contributed by atoms with Crippen LogP contribution < -0.4 is 4.90 Å². The zero-order valence-electron chi connectivity index (χ0n) is 10.9. The Morgan fingerprint density at radius 1 is 1.44 bits per heavy atom. The summed E-state index contributed by atoms with van der Waals surface area (Å²) in [5.74, 6) is -0.0342. The van der Waals surface area contributed by atoms with E-state index in [1.807, 2.05) is 38.1 Å². The number of nitrogens with zero attached hydrogens (tertiary/aromatic N) is 2. The minimum Gasteiger partial charge on any atom is -0.311 e. The van der Waals surface area contributed by atoms with Crippen molar-refractivity contribution in [1.82, 2.24) is 0 Å². The normalized spacial score (nSPS) is 16.5. The lowest BCUT2D eigenvalue weighted by Gasteiger charge is -2.38. The van der Waals surface area contributed by atoms with Crippen molar-refractivity contribution in [2.75, 3.05) is 11.4 Å². The van der Waals surface area contributed by atoms with Crippen molar-refractivity contribution in [3.05, 3.63) is 29.8 Å². The van der Waals surface area contributed by atoms with Crippen molar-refractivity contribution in [2.24, 2.45) is 5.41 Å². The highest BCUT2D eigenvalue weighted by atomic mass is 16.2. The molecular formula is C15H18N2O. The molecule has 1 aliphatic carbocycles. The second-order valence-electron chi connectivity index (χ2n) is 4.88. The molecule has 1 amide bonds. The van der Waals surface area contributed by atoms with Gasteiger partial charge in [0.05, 0.1) is 6.07 Å². The maximum Gasteiger partial charge on any atom is 0.247 e. The Hall–Kier alpha value is -1.82. The molecule has 1 fully saturated rings. The maximum absolute atomic E-state index is 12.6. The average Bonchev–Trinajstić information content (AvgIpc) is 2.32. The van der Waals surface area contributed by atoms with Crippen molar-refractivity contribution in [1.29, 1.82) is 5.26 Å². The van der Waals surface area contributed by atoms with Crippen molar-refractivity contribution in [3.8, 4) is 6.07 Å². The third kappa shape index (κ3) is 1.88. The molecule has 0 N–H and O–H groups in total. The molecular weight excluding hydrogens is 224 g/mol. The average molecular weight is 242 g/mol. The number of nitriles is 1. The van der Waals surface area contributed by atoms with E-state index in [4.69, 9.17) is 0 Å². The second-order valence-corrected chi connectivity index (χ2v) is 4.88. The van der Waals surface area contributed by atoms with Crippen LogP contribution in [0.1, 0.15) is 31.7 Å². The smallest absolute Gasteiger partial charge is 0.247 e. The van der Waals surface area contributed by atoms with Crippen molar-refractivity contribution in [2.45, 2.75) is 33.1 Å². The van der Waals surface area contributed by atoms with Gasteiger partial charge in [0, 0.05) is 12.2 Å². The van der Waals surface area contributed by atoms with E-state index in [-0.39, 0.29) is 5.91 Å². The number of carbonyl (C=O) groups is 1. The van der Waals surface area contributed by atoms with Crippen LogP contribution >= 0.6 is 0 Å². The number of anilines is 1. The minimum atomic E-state index is -0.766. The number of benzene rings is 1. The summed E-state index contributed by atoms with van der Waals surface area (Å²) >= 11 is 0. The predicted molar refractivity (Wildman–Crippen MR) is 71.1 cm³/mol. The molecule has 3 nitrogen and oxygen atoms in total. The van der Waals surface area contributed by atoms with Gasteiger partial charge >= 0.3 is 0 Å². The van der Waals surface area contributed by atoms with Crippen LogP contribution in [-0.4, -0.2) is 12.5 Å². The molecule has 0 atom stereocenters. The van der Waals surface area contributed by atoms with Crippen LogP contribution in [0.5, 0.6) is 0 Å². The molecule has 0 aromatic heterocycles. The van der Waals surface area contributed by atoms with Gasteiger partial charge in [0.1, 0.15) is 5.41 Å². The summed E-state index contributed by atoms with van der Waals surface area (Å²) in [6.07, 6.45) is 2.38. The molecule has 0 radical (unpaired) electrons. The Balaban J connectivity index is 2.33. The lowest BCUT2D eigenvalue weighted by molar-refractivity contribution is -0.128. The van der Waals surface area contributed by atoms with Crippen LogP contribution in [0, 0.1) is 23.7 Å². The SMILES string of the molecule is CCN(C(=O)C1(C#N)CCC1)c1ccccc1C. The number of rotatable bonds is 3. The highest BCUT2D eigenvalue weighted by Crippen LogP contribution is 2.42.